The summed E-state index contributed by atoms with van der Waals surface area (Å²) in [6.45, 7) is 3.24. The van der Waals surface area contributed by atoms with E-state index in [1.54, 1.807) is 23.2 Å². The minimum atomic E-state index is -0.482. The van der Waals surface area contributed by atoms with Gasteiger partial charge in [-0.3, -0.25) is 4.79 Å². The molecule has 2 saturated heterocycles. The summed E-state index contributed by atoms with van der Waals surface area (Å²) in [5.74, 6) is -0.731. The van der Waals surface area contributed by atoms with E-state index in [-0.39, 0.29) is 17.5 Å². The Balaban J connectivity index is 1.29. The molecule has 1 atom stereocenters. The molecule has 0 spiro atoms. The lowest BCUT2D eigenvalue weighted by atomic mass is 10.0. The van der Waals surface area contributed by atoms with E-state index in [0.29, 0.717) is 25.6 Å². The number of halogens is 1. The molecule has 154 valence electrons. The van der Waals surface area contributed by atoms with Gasteiger partial charge in [0, 0.05) is 48.9 Å². The molecule has 5 rings (SSSR count). The van der Waals surface area contributed by atoms with Gasteiger partial charge < -0.3 is 15.5 Å². The highest BCUT2D eigenvalue weighted by Crippen LogP contribution is 2.22. The number of hydrogen-bond donors (Lipinski definition) is 2. The molecule has 0 bridgehead atoms. The van der Waals surface area contributed by atoms with E-state index in [1.807, 2.05) is 24.3 Å². The first kappa shape index (κ1) is 19.1. The molecule has 3 aromatic rings. The van der Waals surface area contributed by atoms with E-state index >= 15 is 0 Å². The molecule has 0 unspecified atom stereocenters. The number of carbonyl (C=O) groups is 1. The van der Waals surface area contributed by atoms with Crippen molar-refractivity contribution in [3.63, 3.8) is 0 Å². The number of rotatable bonds is 5. The molecule has 2 fully saturated rings. The fourth-order valence-electron chi connectivity index (χ4n) is 4.31. The maximum absolute atomic E-state index is 14.5. The Kier molecular flexibility index (Phi) is 5.14. The molecule has 2 aromatic carbocycles. The summed E-state index contributed by atoms with van der Waals surface area (Å²) in [6, 6.07) is 13.4. The molecule has 30 heavy (non-hydrogen) atoms. The SMILES string of the molecule is O=C(c1cc(Cc2nncc3ccccc23)ccc1F)N1CC(N[C@H]2CCNC2)C1. The van der Waals surface area contributed by atoms with Crippen LogP contribution in [0.4, 0.5) is 4.39 Å². The van der Waals surface area contributed by atoms with Crippen LogP contribution in [-0.2, 0) is 6.42 Å². The van der Waals surface area contributed by atoms with Crippen LogP contribution in [0.3, 0.4) is 0 Å². The summed E-state index contributed by atoms with van der Waals surface area (Å²) in [5.41, 5.74) is 1.79. The molecule has 1 amide bonds. The minimum Gasteiger partial charge on any atom is -0.335 e. The van der Waals surface area contributed by atoms with E-state index in [0.717, 1.165) is 41.5 Å². The Morgan fingerprint density at radius 3 is 2.90 bits per heavy atom. The largest absolute Gasteiger partial charge is 0.335 e. The normalized spacial score (nSPS) is 19.2. The second-order valence-corrected chi connectivity index (χ2v) is 8.13. The van der Waals surface area contributed by atoms with Crippen molar-refractivity contribution in [1.29, 1.82) is 0 Å². The summed E-state index contributed by atoms with van der Waals surface area (Å²) in [5, 5.41) is 17.3. The van der Waals surface area contributed by atoms with Crippen molar-refractivity contribution >= 4 is 16.7 Å². The predicted octanol–water partition coefficient (Wildman–Crippen LogP) is 2.14. The summed E-state index contributed by atoms with van der Waals surface area (Å²) in [4.78, 5) is 14.6. The standard InChI is InChI=1S/C23H24FN5O/c24-21-6-5-15(10-22-19-4-2-1-3-16(19)11-26-28-22)9-20(21)23(30)29-13-18(14-29)27-17-7-8-25-12-17/h1-6,9,11,17-18,25,27H,7-8,10,12-14H2/t17-/m0/s1. The molecule has 0 aliphatic carbocycles. The summed E-state index contributed by atoms with van der Waals surface area (Å²) in [6.07, 6.45) is 3.33. The average Bonchev–Trinajstić information content (AvgIpc) is 3.25. The lowest BCUT2D eigenvalue weighted by Gasteiger charge is -2.41. The molecule has 1 aromatic heterocycles. The van der Waals surface area contributed by atoms with E-state index in [2.05, 4.69) is 20.8 Å². The Morgan fingerprint density at radius 1 is 1.20 bits per heavy atom. The molecule has 0 saturated carbocycles. The molecule has 3 heterocycles. The minimum absolute atomic E-state index is 0.127. The monoisotopic (exact) mass is 405 g/mol. The Hall–Kier alpha value is -2.90. The number of nitrogens with one attached hydrogen (secondary N) is 2. The van der Waals surface area contributed by atoms with Gasteiger partial charge in [0.2, 0.25) is 0 Å². The van der Waals surface area contributed by atoms with Crippen molar-refractivity contribution < 1.29 is 9.18 Å². The quantitative estimate of drug-likeness (QED) is 0.681. The van der Waals surface area contributed by atoms with Crippen molar-refractivity contribution in [3.8, 4) is 0 Å². The second-order valence-electron chi connectivity index (χ2n) is 8.13. The third-order valence-corrected chi connectivity index (χ3v) is 5.98. The van der Waals surface area contributed by atoms with Gasteiger partial charge in [-0.05, 0) is 30.7 Å². The van der Waals surface area contributed by atoms with E-state index in [1.165, 1.54) is 6.07 Å². The van der Waals surface area contributed by atoms with Crippen LogP contribution < -0.4 is 10.6 Å². The highest BCUT2D eigenvalue weighted by molar-refractivity contribution is 5.95. The van der Waals surface area contributed by atoms with Crippen molar-refractivity contribution in [3.05, 3.63) is 71.3 Å². The van der Waals surface area contributed by atoms with Crippen LogP contribution in [0.5, 0.6) is 0 Å². The van der Waals surface area contributed by atoms with Crippen LogP contribution in [0.1, 0.15) is 28.0 Å². The van der Waals surface area contributed by atoms with Crippen LogP contribution in [0.2, 0.25) is 0 Å². The Morgan fingerprint density at radius 2 is 2.07 bits per heavy atom. The lowest BCUT2D eigenvalue weighted by molar-refractivity contribution is 0.0550. The summed E-state index contributed by atoms with van der Waals surface area (Å²) < 4.78 is 14.5. The molecule has 2 aliphatic rings. The van der Waals surface area contributed by atoms with Gasteiger partial charge in [0.05, 0.1) is 17.5 Å². The maximum atomic E-state index is 14.5. The van der Waals surface area contributed by atoms with E-state index < -0.39 is 5.82 Å². The number of aromatic nitrogens is 2. The van der Waals surface area contributed by atoms with Gasteiger partial charge in [-0.1, -0.05) is 30.3 Å². The third-order valence-electron chi connectivity index (χ3n) is 5.98. The summed E-state index contributed by atoms with van der Waals surface area (Å²) in [7, 11) is 0. The third kappa shape index (κ3) is 3.78. The highest BCUT2D eigenvalue weighted by Gasteiger charge is 2.34. The molecule has 6 nitrogen and oxygen atoms in total. The number of carbonyl (C=O) groups excluding carboxylic acids is 1. The lowest BCUT2D eigenvalue weighted by Crippen LogP contribution is -2.62. The molecule has 2 N–H and O–H groups in total. The number of fused-ring (bicyclic) bond motifs is 1. The van der Waals surface area contributed by atoms with Gasteiger partial charge in [0.25, 0.3) is 5.91 Å². The van der Waals surface area contributed by atoms with Gasteiger partial charge in [-0.2, -0.15) is 10.2 Å². The Bertz CT molecular complexity index is 1070. The summed E-state index contributed by atoms with van der Waals surface area (Å²) >= 11 is 0. The molecular weight excluding hydrogens is 381 g/mol. The zero-order chi connectivity index (χ0) is 20.5. The number of hydrogen-bond acceptors (Lipinski definition) is 5. The topological polar surface area (TPSA) is 70.2 Å². The zero-order valence-corrected chi connectivity index (χ0v) is 16.6. The molecule has 7 heteroatoms. The van der Waals surface area contributed by atoms with Crippen molar-refractivity contribution in [2.45, 2.75) is 24.9 Å². The van der Waals surface area contributed by atoms with Crippen LogP contribution in [0, 0.1) is 5.82 Å². The number of likely N-dealkylation sites (tertiary alicyclic amines) is 1. The second kappa shape index (κ2) is 8.08. The first-order chi connectivity index (χ1) is 14.7. The first-order valence-electron chi connectivity index (χ1n) is 10.4. The van der Waals surface area contributed by atoms with Crippen LogP contribution in [-0.4, -0.2) is 59.3 Å². The molecule has 0 radical (unpaired) electrons. The van der Waals surface area contributed by atoms with Gasteiger partial charge in [-0.15, -0.1) is 0 Å². The molecule has 2 aliphatic heterocycles. The number of amides is 1. The average molecular weight is 405 g/mol. The predicted molar refractivity (Wildman–Crippen MR) is 113 cm³/mol. The van der Waals surface area contributed by atoms with Crippen LogP contribution in [0.25, 0.3) is 10.8 Å². The van der Waals surface area contributed by atoms with E-state index in [4.69, 9.17) is 0 Å². The molecular formula is C23H24FN5O. The van der Waals surface area contributed by atoms with Gasteiger partial charge in [-0.25, -0.2) is 4.39 Å². The van der Waals surface area contributed by atoms with E-state index in [9.17, 15) is 9.18 Å². The van der Waals surface area contributed by atoms with Crippen molar-refractivity contribution in [2.24, 2.45) is 0 Å². The van der Waals surface area contributed by atoms with Crippen LogP contribution in [0.15, 0.2) is 48.7 Å². The van der Waals surface area contributed by atoms with Crippen LogP contribution >= 0.6 is 0 Å². The number of nitrogens with zero attached hydrogens (tertiary/aromatic N) is 3. The highest BCUT2D eigenvalue weighted by atomic mass is 19.1. The zero-order valence-electron chi connectivity index (χ0n) is 16.6. The van der Waals surface area contributed by atoms with Crippen molar-refractivity contribution in [1.82, 2.24) is 25.7 Å². The van der Waals surface area contributed by atoms with Gasteiger partial charge >= 0.3 is 0 Å². The fraction of sp³-hybridized carbons (Fsp3) is 0.348. The smallest absolute Gasteiger partial charge is 0.256 e. The first-order valence-corrected chi connectivity index (χ1v) is 10.4. The Labute approximate surface area is 174 Å². The fourth-order valence-corrected chi connectivity index (χ4v) is 4.31. The van der Waals surface area contributed by atoms with Gasteiger partial charge in [0.15, 0.2) is 0 Å². The van der Waals surface area contributed by atoms with Crippen molar-refractivity contribution in [2.75, 3.05) is 26.2 Å². The number of benzene rings is 2. The van der Waals surface area contributed by atoms with Gasteiger partial charge in [0.1, 0.15) is 5.82 Å². The maximum Gasteiger partial charge on any atom is 0.256 e.